The molecule has 1 aromatic carbocycles. The Morgan fingerprint density at radius 2 is 1.75 bits per heavy atom. The molecule has 2 atom stereocenters. The second-order valence-corrected chi connectivity index (χ2v) is 9.48. The van der Waals surface area contributed by atoms with E-state index >= 15 is 0 Å². The van der Waals surface area contributed by atoms with Gasteiger partial charge in [0.15, 0.2) is 0 Å². The maximum absolute atomic E-state index is 11.3. The largest absolute Gasteiger partial charge is 1.00 e. The molecule has 0 aliphatic heterocycles. The van der Waals surface area contributed by atoms with Crippen LogP contribution in [0.3, 0.4) is 0 Å². The van der Waals surface area contributed by atoms with E-state index in [0.29, 0.717) is 6.42 Å². The summed E-state index contributed by atoms with van der Waals surface area (Å²) in [5.41, 5.74) is 0.174. The van der Waals surface area contributed by atoms with E-state index in [-0.39, 0.29) is 43.6 Å². The molecule has 0 spiro atoms. The molecule has 0 fully saturated rings. The van der Waals surface area contributed by atoms with Crippen LogP contribution in [0.25, 0.3) is 0 Å². The molecule has 0 aromatic heterocycles. The van der Waals surface area contributed by atoms with Crippen molar-refractivity contribution >= 4 is 24.0 Å². The normalized spacial score (nSPS) is 14.2. The van der Waals surface area contributed by atoms with E-state index in [1.807, 2.05) is 30.3 Å². The first-order valence-electron chi connectivity index (χ1n) is 6.45. The fourth-order valence-electron chi connectivity index (χ4n) is 1.83. The van der Waals surface area contributed by atoms with E-state index in [4.69, 9.17) is 0 Å². The zero-order valence-electron chi connectivity index (χ0n) is 12.7. The Bertz CT molecular complexity index is 483. The molecule has 20 heavy (non-hydrogen) atoms. The number of hydrogen-bond acceptors (Lipinski definition) is 3. The van der Waals surface area contributed by atoms with E-state index in [2.05, 4.69) is 20.8 Å². The molecule has 0 bridgehead atoms. The molecule has 0 saturated carbocycles. The zero-order chi connectivity index (χ0) is 14.5. The predicted molar refractivity (Wildman–Crippen MR) is 81.2 cm³/mol. The summed E-state index contributed by atoms with van der Waals surface area (Å²) in [5, 5.41) is 0.933. The van der Waals surface area contributed by atoms with Crippen LogP contribution in [0.1, 0.15) is 40.0 Å². The Labute approximate surface area is 146 Å². The van der Waals surface area contributed by atoms with E-state index in [1.165, 1.54) is 0 Å². The van der Waals surface area contributed by atoms with Crippen LogP contribution in [0.5, 0.6) is 0 Å². The second kappa shape index (κ2) is 8.87. The van der Waals surface area contributed by atoms with Crippen LogP contribution >= 0.6 is 8.58 Å². The van der Waals surface area contributed by atoms with Gasteiger partial charge < -0.3 is 4.55 Å². The van der Waals surface area contributed by atoms with Gasteiger partial charge >= 0.3 is 29.6 Å². The molecule has 108 valence electrons. The van der Waals surface area contributed by atoms with Gasteiger partial charge in [-0.15, -0.1) is 0 Å². The van der Waals surface area contributed by atoms with E-state index in [0.717, 1.165) is 18.1 Å². The van der Waals surface area contributed by atoms with Crippen molar-refractivity contribution < 1.29 is 42.5 Å². The molecule has 0 radical (unpaired) electrons. The smallest absolute Gasteiger partial charge is 0.747 e. The Balaban J connectivity index is 0.00000361. The van der Waals surface area contributed by atoms with Crippen molar-refractivity contribution in [1.82, 2.24) is 0 Å². The summed E-state index contributed by atoms with van der Waals surface area (Å²) in [6, 6.07) is 9.37. The van der Waals surface area contributed by atoms with Crippen LogP contribution in [0.15, 0.2) is 30.3 Å². The van der Waals surface area contributed by atoms with Crippen LogP contribution in [0.4, 0.5) is 0 Å². The third-order valence-electron chi connectivity index (χ3n) is 2.84. The monoisotopic (exact) mass is 324 g/mol. The van der Waals surface area contributed by atoms with Gasteiger partial charge in [0.2, 0.25) is 0 Å². The van der Waals surface area contributed by atoms with Crippen molar-refractivity contribution in [2.75, 3.05) is 0 Å². The van der Waals surface area contributed by atoms with E-state index in [1.54, 1.807) is 0 Å². The maximum atomic E-state index is 11.3. The molecule has 0 saturated heterocycles. The quantitative estimate of drug-likeness (QED) is 0.423. The molecule has 0 aliphatic carbocycles. The fourth-order valence-corrected chi connectivity index (χ4v) is 4.37. The minimum Gasteiger partial charge on any atom is -0.747 e. The Kier molecular flexibility index (Phi) is 9.12. The summed E-state index contributed by atoms with van der Waals surface area (Å²) < 4.78 is 34.0. The standard InChI is InChI=1S/C14H23O3PS.Na/c1-14(2,3)11-7-10-13(19(15,16)17)18-12-8-5-4-6-9-12;/h4-6,8-9,13,18H,7,10-11H2,1-3H3,(H,15,16,17);/q;+1/p-1. The molecule has 1 rings (SSSR count). The second-order valence-electron chi connectivity index (χ2n) is 5.94. The third-order valence-corrected chi connectivity index (χ3v) is 6.27. The molecule has 6 heteroatoms. The average Bonchev–Trinajstić information content (AvgIpc) is 2.26. The van der Waals surface area contributed by atoms with Gasteiger partial charge in [-0.1, -0.05) is 66.1 Å². The maximum Gasteiger partial charge on any atom is 1.00 e. The van der Waals surface area contributed by atoms with Crippen LogP contribution in [-0.2, 0) is 10.1 Å². The summed E-state index contributed by atoms with van der Waals surface area (Å²) in [4.78, 5) is -0.780. The zero-order valence-corrected chi connectivity index (χ0v) is 16.5. The van der Waals surface area contributed by atoms with Crippen LogP contribution in [-0.4, -0.2) is 18.0 Å². The van der Waals surface area contributed by atoms with Crippen LogP contribution in [0.2, 0.25) is 0 Å². The summed E-state index contributed by atoms with van der Waals surface area (Å²) >= 11 is 0. The molecule has 0 heterocycles. The minimum atomic E-state index is -4.22. The first kappa shape index (κ1) is 20.6. The average molecular weight is 324 g/mol. The fraction of sp³-hybridized carbons (Fsp3) is 0.571. The number of benzene rings is 1. The summed E-state index contributed by atoms with van der Waals surface area (Å²) in [6.07, 6.45) is 2.16. The van der Waals surface area contributed by atoms with Gasteiger partial charge in [-0.25, -0.2) is 8.42 Å². The molecule has 3 nitrogen and oxygen atoms in total. The molecule has 0 amide bonds. The van der Waals surface area contributed by atoms with Gasteiger partial charge in [0.05, 0.1) is 4.99 Å². The summed E-state index contributed by atoms with van der Waals surface area (Å²) in [5.74, 6) is 0. The molecule has 0 aliphatic rings. The van der Waals surface area contributed by atoms with Crippen molar-refractivity contribution in [2.24, 2.45) is 5.41 Å². The van der Waals surface area contributed by atoms with Gasteiger partial charge in [0.25, 0.3) is 0 Å². The van der Waals surface area contributed by atoms with Crippen molar-refractivity contribution in [1.29, 1.82) is 0 Å². The minimum absolute atomic E-state index is 0. The van der Waals surface area contributed by atoms with Crippen molar-refractivity contribution in [3.05, 3.63) is 30.3 Å². The number of rotatable bonds is 6. The molecular weight excluding hydrogens is 302 g/mol. The number of hydrogen-bond donors (Lipinski definition) is 0. The van der Waals surface area contributed by atoms with Crippen molar-refractivity contribution in [2.45, 2.75) is 45.0 Å². The molecule has 0 N–H and O–H groups in total. The summed E-state index contributed by atoms with van der Waals surface area (Å²) in [6.45, 7) is 6.35. The predicted octanol–water partition coefficient (Wildman–Crippen LogP) is 0.0821. The summed E-state index contributed by atoms with van der Waals surface area (Å²) in [7, 11) is -4.18. The van der Waals surface area contributed by atoms with Gasteiger partial charge in [-0.05, 0) is 23.6 Å². The van der Waals surface area contributed by atoms with Gasteiger partial charge in [0, 0.05) is 0 Å². The Morgan fingerprint density at radius 3 is 2.20 bits per heavy atom. The third kappa shape index (κ3) is 8.76. The molecule has 1 aromatic rings. The van der Waals surface area contributed by atoms with Gasteiger partial charge in [0.1, 0.15) is 10.1 Å². The molecular formula is C14H22NaO3PS. The van der Waals surface area contributed by atoms with Crippen molar-refractivity contribution in [3.63, 3.8) is 0 Å². The van der Waals surface area contributed by atoms with E-state index in [9.17, 15) is 13.0 Å². The first-order chi connectivity index (χ1) is 8.68. The SMILES string of the molecule is CC(C)(C)CCCC(Pc1ccccc1)S(=O)(=O)[O-].[Na+]. The Hall–Kier alpha value is 0.560. The first-order valence-corrected chi connectivity index (χ1v) is 9.00. The van der Waals surface area contributed by atoms with E-state index < -0.39 is 15.1 Å². The Morgan fingerprint density at radius 1 is 1.20 bits per heavy atom. The topological polar surface area (TPSA) is 57.2 Å². The molecule has 2 unspecified atom stereocenters. The van der Waals surface area contributed by atoms with Crippen LogP contribution in [0, 0.1) is 5.41 Å². The van der Waals surface area contributed by atoms with Gasteiger partial charge in [-0.3, -0.25) is 0 Å². The van der Waals surface area contributed by atoms with Crippen LogP contribution < -0.4 is 34.9 Å². The van der Waals surface area contributed by atoms with Crippen molar-refractivity contribution in [3.8, 4) is 0 Å². The van der Waals surface area contributed by atoms with Gasteiger partial charge in [-0.2, -0.15) is 0 Å².